The van der Waals surface area contributed by atoms with E-state index in [1.165, 1.54) is 0 Å². The van der Waals surface area contributed by atoms with Crippen molar-refractivity contribution in [2.24, 2.45) is 10.2 Å². The Kier molecular flexibility index (Phi) is 6.36. The minimum absolute atomic E-state index is 0.119. The van der Waals surface area contributed by atoms with Crippen LogP contribution in [0.15, 0.2) is 101 Å². The van der Waals surface area contributed by atoms with Crippen LogP contribution >= 0.6 is 0 Å². The molecule has 0 saturated heterocycles. The van der Waals surface area contributed by atoms with Crippen LogP contribution in [0.25, 0.3) is 0 Å². The molecule has 136 valence electrons. The maximum absolute atomic E-state index is 4.64. The van der Waals surface area contributed by atoms with E-state index in [1.54, 1.807) is 0 Å². The normalized spacial score (nSPS) is 12.4. The molecule has 3 aromatic rings. The van der Waals surface area contributed by atoms with Gasteiger partial charge in [0.25, 0.3) is 0 Å². The second kappa shape index (κ2) is 9.34. The molecule has 0 fully saturated rings. The Labute approximate surface area is 161 Å². The van der Waals surface area contributed by atoms with Crippen LogP contribution in [0.1, 0.15) is 22.9 Å². The van der Waals surface area contributed by atoms with Gasteiger partial charge in [0, 0.05) is 14.1 Å². The summed E-state index contributed by atoms with van der Waals surface area (Å²) in [6.45, 7) is 0. The summed E-state index contributed by atoms with van der Waals surface area (Å²) in [5, 5.41) is 13.1. The van der Waals surface area contributed by atoms with Gasteiger partial charge in [0.15, 0.2) is 6.17 Å². The first-order chi connectivity index (χ1) is 13.2. The zero-order chi connectivity index (χ0) is 18.9. The topological polar surface area (TPSA) is 31.2 Å². The van der Waals surface area contributed by atoms with Crippen LogP contribution < -0.4 is 0 Å². The van der Waals surface area contributed by atoms with Crippen molar-refractivity contribution in [3.63, 3.8) is 0 Å². The van der Waals surface area contributed by atoms with Crippen molar-refractivity contribution in [2.45, 2.75) is 6.17 Å². The smallest absolute Gasteiger partial charge is 0.159 e. The van der Waals surface area contributed by atoms with E-state index >= 15 is 0 Å². The molecule has 4 heteroatoms. The Morgan fingerprint density at radius 2 is 0.963 bits per heavy atom. The van der Waals surface area contributed by atoms with Crippen LogP contribution in [0.5, 0.6) is 0 Å². The zero-order valence-corrected chi connectivity index (χ0v) is 15.7. The molecule has 0 aliphatic heterocycles. The summed E-state index contributed by atoms with van der Waals surface area (Å²) < 4.78 is 0. The number of hydrazone groups is 2. The Balaban J connectivity index is 1.82. The van der Waals surface area contributed by atoms with Crippen molar-refractivity contribution < 1.29 is 0 Å². The zero-order valence-electron chi connectivity index (χ0n) is 15.7. The van der Waals surface area contributed by atoms with E-state index in [1.807, 2.05) is 115 Å². The van der Waals surface area contributed by atoms with Crippen LogP contribution in [0, 0.1) is 0 Å². The van der Waals surface area contributed by atoms with Crippen LogP contribution in [0.4, 0.5) is 0 Å². The summed E-state index contributed by atoms with van der Waals surface area (Å²) in [7, 11) is 3.93. The van der Waals surface area contributed by atoms with Gasteiger partial charge in [0.2, 0.25) is 0 Å². The number of hydrogen-bond acceptors (Lipinski definition) is 4. The van der Waals surface area contributed by atoms with Gasteiger partial charge < -0.3 is 0 Å². The van der Waals surface area contributed by atoms with Gasteiger partial charge >= 0.3 is 0 Å². The number of nitrogens with zero attached hydrogens (tertiary/aromatic N) is 4. The lowest BCUT2D eigenvalue weighted by atomic mass is 10.1. The molecule has 0 spiro atoms. The third kappa shape index (κ3) is 5.28. The lowest BCUT2D eigenvalue weighted by molar-refractivity contribution is 0.0897. The fraction of sp³-hybridized carbons (Fsp3) is 0.130. The SMILES string of the molecule is CN(/N=C\c1ccccc1)C(c1ccccc1)N(C)/N=C/c1ccccc1. The summed E-state index contributed by atoms with van der Waals surface area (Å²) >= 11 is 0. The maximum atomic E-state index is 4.64. The van der Waals surface area contributed by atoms with E-state index < -0.39 is 0 Å². The predicted octanol–water partition coefficient (Wildman–Crippen LogP) is 4.62. The van der Waals surface area contributed by atoms with Gasteiger partial charge in [-0.25, -0.2) is 0 Å². The summed E-state index contributed by atoms with van der Waals surface area (Å²) in [6.07, 6.45) is 3.61. The monoisotopic (exact) mass is 356 g/mol. The van der Waals surface area contributed by atoms with Gasteiger partial charge in [0.1, 0.15) is 0 Å². The van der Waals surface area contributed by atoms with Crippen molar-refractivity contribution in [3.8, 4) is 0 Å². The number of rotatable bonds is 7. The Bertz CT molecular complexity index is 805. The molecular weight excluding hydrogens is 332 g/mol. The molecule has 0 aliphatic carbocycles. The standard InChI is InChI=1S/C23H24N4/c1-26(24-18-20-12-6-3-7-13-20)23(22-16-10-5-11-17-22)27(2)25-19-21-14-8-4-9-15-21/h3-19,23H,1-2H3/b24-18-,25-19+. The lowest BCUT2D eigenvalue weighted by Gasteiger charge is -2.32. The molecule has 0 saturated carbocycles. The van der Waals surface area contributed by atoms with E-state index in [0.717, 1.165) is 16.7 Å². The number of benzene rings is 3. The fourth-order valence-electron chi connectivity index (χ4n) is 2.82. The third-order valence-corrected chi connectivity index (χ3v) is 4.18. The van der Waals surface area contributed by atoms with Gasteiger partial charge in [0.05, 0.1) is 12.4 Å². The Hall–Kier alpha value is -3.40. The predicted molar refractivity (Wildman–Crippen MR) is 113 cm³/mol. The van der Waals surface area contributed by atoms with Crippen molar-refractivity contribution in [3.05, 3.63) is 108 Å². The van der Waals surface area contributed by atoms with E-state index in [9.17, 15) is 0 Å². The Morgan fingerprint density at radius 3 is 1.37 bits per heavy atom. The van der Waals surface area contributed by atoms with Crippen LogP contribution in [-0.4, -0.2) is 36.5 Å². The van der Waals surface area contributed by atoms with E-state index in [0.29, 0.717) is 0 Å². The molecule has 0 bridgehead atoms. The molecule has 0 radical (unpaired) electrons. The van der Waals surface area contributed by atoms with Gasteiger partial charge in [-0.15, -0.1) is 0 Å². The minimum atomic E-state index is -0.119. The first kappa shape index (κ1) is 18.4. The third-order valence-electron chi connectivity index (χ3n) is 4.18. The second-order valence-corrected chi connectivity index (χ2v) is 6.24. The highest BCUT2D eigenvalue weighted by Crippen LogP contribution is 2.23. The molecule has 3 aromatic carbocycles. The van der Waals surface area contributed by atoms with E-state index in [2.05, 4.69) is 22.3 Å². The second-order valence-electron chi connectivity index (χ2n) is 6.24. The molecular formula is C23H24N4. The molecule has 0 heterocycles. The first-order valence-electron chi connectivity index (χ1n) is 8.93. The van der Waals surface area contributed by atoms with Gasteiger partial charge in [-0.05, 0) is 16.7 Å². The van der Waals surface area contributed by atoms with Crippen LogP contribution in [0.2, 0.25) is 0 Å². The average Bonchev–Trinajstić information content (AvgIpc) is 2.73. The lowest BCUT2D eigenvalue weighted by Crippen LogP contribution is -2.31. The van der Waals surface area contributed by atoms with E-state index in [4.69, 9.17) is 0 Å². The largest absolute Gasteiger partial charge is 0.272 e. The molecule has 0 aliphatic rings. The van der Waals surface area contributed by atoms with Gasteiger partial charge in [-0.1, -0.05) is 91.0 Å². The van der Waals surface area contributed by atoms with Crippen molar-refractivity contribution in [1.82, 2.24) is 10.0 Å². The first-order valence-corrected chi connectivity index (χ1v) is 8.93. The molecule has 1 atom stereocenters. The highest BCUT2D eigenvalue weighted by atomic mass is 15.6. The summed E-state index contributed by atoms with van der Waals surface area (Å²) in [4.78, 5) is 0. The quantitative estimate of drug-likeness (QED) is 0.351. The van der Waals surface area contributed by atoms with Gasteiger partial charge in [-0.3, -0.25) is 10.0 Å². The molecule has 0 N–H and O–H groups in total. The molecule has 0 amide bonds. The summed E-state index contributed by atoms with van der Waals surface area (Å²) in [6, 6.07) is 30.4. The minimum Gasteiger partial charge on any atom is -0.272 e. The molecule has 1 unspecified atom stereocenters. The highest BCUT2D eigenvalue weighted by molar-refractivity contribution is 5.79. The average molecular weight is 356 g/mol. The molecule has 4 nitrogen and oxygen atoms in total. The Morgan fingerprint density at radius 1 is 0.593 bits per heavy atom. The highest BCUT2D eigenvalue weighted by Gasteiger charge is 2.19. The summed E-state index contributed by atoms with van der Waals surface area (Å²) in [5.41, 5.74) is 3.25. The maximum Gasteiger partial charge on any atom is 0.159 e. The van der Waals surface area contributed by atoms with Crippen molar-refractivity contribution in [2.75, 3.05) is 14.1 Å². The fourth-order valence-corrected chi connectivity index (χ4v) is 2.82. The van der Waals surface area contributed by atoms with Gasteiger partial charge in [-0.2, -0.15) is 10.2 Å². The van der Waals surface area contributed by atoms with E-state index in [-0.39, 0.29) is 6.17 Å². The van der Waals surface area contributed by atoms with Crippen molar-refractivity contribution >= 4 is 12.4 Å². The van der Waals surface area contributed by atoms with Crippen LogP contribution in [-0.2, 0) is 0 Å². The molecule has 3 rings (SSSR count). The van der Waals surface area contributed by atoms with Crippen LogP contribution in [0.3, 0.4) is 0 Å². The number of hydrogen-bond donors (Lipinski definition) is 0. The van der Waals surface area contributed by atoms with Crippen molar-refractivity contribution in [1.29, 1.82) is 0 Å². The molecule has 27 heavy (non-hydrogen) atoms. The molecule has 0 aromatic heterocycles. The summed E-state index contributed by atoms with van der Waals surface area (Å²) in [5.74, 6) is 0.